The van der Waals surface area contributed by atoms with Gasteiger partial charge in [0.2, 0.25) is 0 Å². The molecule has 1 nitrogen and oxygen atoms in total. The summed E-state index contributed by atoms with van der Waals surface area (Å²) in [5.41, 5.74) is 1.66. The van der Waals surface area contributed by atoms with Gasteiger partial charge in [-0.05, 0) is 24.1 Å². The molecule has 0 heterocycles. The fraction of sp³-hybridized carbons (Fsp3) is 0.133. The summed E-state index contributed by atoms with van der Waals surface area (Å²) in [7, 11) is 0. The van der Waals surface area contributed by atoms with Crippen LogP contribution in [0.1, 0.15) is 22.3 Å². The molecule has 18 heavy (non-hydrogen) atoms. The van der Waals surface area contributed by atoms with Crippen molar-refractivity contribution in [1.29, 1.82) is 0 Å². The summed E-state index contributed by atoms with van der Waals surface area (Å²) in [5, 5.41) is 0. The van der Waals surface area contributed by atoms with Crippen LogP contribution in [0.5, 0.6) is 0 Å². The Morgan fingerprint density at radius 3 is 2.50 bits per heavy atom. The standard InChI is InChI=1S/C15H12BrFO/c16-14-10-13(17)8-6-11(14)7-9-15(18)12-4-2-1-3-5-12/h1-6,8,10H,7,9H2. The van der Waals surface area contributed by atoms with Crippen molar-refractivity contribution in [2.24, 2.45) is 0 Å². The molecular formula is C15H12BrFO. The molecule has 0 spiro atoms. The number of Topliss-reactive ketones (excluding diaryl/α,β-unsaturated/α-hetero) is 1. The Bertz CT molecular complexity index is 552. The van der Waals surface area contributed by atoms with E-state index in [0.29, 0.717) is 17.3 Å². The highest BCUT2D eigenvalue weighted by atomic mass is 79.9. The van der Waals surface area contributed by atoms with E-state index in [2.05, 4.69) is 15.9 Å². The first kappa shape index (κ1) is 13.0. The quantitative estimate of drug-likeness (QED) is 0.765. The first-order chi connectivity index (χ1) is 8.66. The Labute approximate surface area is 114 Å². The monoisotopic (exact) mass is 306 g/mol. The van der Waals surface area contributed by atoms with E-state index in [-0.39, 0.29) is 11.6 Å². The summed E-state index contributed by atoms with van der Waals surface area (Å²) in [6.45, 7) is 0. The second kappa shape index (κ2) is 5.91. The topological polar surface area (TPSA) is 17.1 Å². The van der Waals surface area contributed by atoms with Gasteiger partial charge in [-0.25, -0.2) is 4.39 Å². The Hall–Kier alpha value is -1.48. The molecule has 3 heteroatoms. The highest BCUT2D eigenvalue weighted by Crippen LogP contribution is 2.20. The predicted octanol–water partition coefficient (Wildman–Crippen LogP) is 4.40. The maximum absolute atomic E-state index is 12.9. The molecule has 2 aromatic rings. The Balaban J connectivity index is 2.02. The van der Waals surface area contributed by atoms with Crippen molar-refractivity contribution in [2.75, 3.05) is 0 Å². The molecule has 0 aliphatic rings. The normalized spacial score (nSPS) is 10.3. The lowest BCUT2D eigenvalue weighted by Crippen LogP contribution is -2.01. The summed E-state index contributed by atoms with van der Waals surface area (Å²) in [5.74, 6) is -0.174. The van der Waals surface area contributed by atoms with Crippen LogP contribution in [-0.2, 0) is 6.42 Å². The minimum atomic E-state index is -0.278. The summed E-state index contributed by atoms with van der Waals surface area (Å²) >= 11 is 3.30. The number of carbonyl (C=O) groups is 1. The van der Waals surface area contributed by atoms with E-state index in [1.54, 1.807) is 6.07 Å². The van der Waals surface area contributed by atoms with Crippen LogP contribution < -0.4 is 0 Å². The van der Waals surface area contributed by atoms with Crippen molar-refractivity contribution in [1.82, 2.24) is 0 Å². The molecule has 0 amide bonds. The van der Waals surface area contributed by atoms with Crippen LogP contribution in [0.4, 0.5) is 4.39 Å². The summed E-state index contributed by atoms with van der Waals surface area (Å²) < 4.78 is 13.6. The van der Waals surface area contributed by atoms with Crippen molar-refractivity contribution >= 4 is 21.7 Å². The van der Waals surface area contributed by atoms with Crippen molar-refractivity contribution < 1.29 is 9.18 Å². The molecule has 0 atom stereocenters. The Morgan fingerprint density at radius 1 is 1.11 bits per heavy atom. The third-order valence-corrected chi connectivity index (χ3v) is 3.47. The molecule has 0 aliphatic heterocycles. The molecule has 92 valence electrons. The third-order valence-electron chi connectivity index (χ3n) is 2.73. The molecule has 0 unspecified atom stereocenters. The number of ketones is 1. The van der Waals surface area contributed by atoms with Gasteiger partial charge in [-0.3, -0.25) is 4.79 Å². The lowest BCUT2D eigenvalue weighted by molar-refractivity contribution is 0.0983. The van der Waals surface area contributed by atoms with Gasteiger partial charge in [0.15, 0.2) is 5.78 Å². The van der Waals surface area contributed by atoms with E-state index in [0.717, 1.165) is 11.1 Å². The van der Waals surface area contributed by atoms with Crippen LogP contribution in [-0.4, -0.2) is 5.78 Å². The number of benzene rings is 2. The van der Waals surface area contributed by atoms with Gasteiger partial charge in [-0.2, -0.15) is 0 Å². The van der Waals surface area contributed by atoms with Crippen molar-refractivity contribution in [3.05, 3.63) is 69.9 Å². The van der Waals surface area contributed by atoms with Gasteiger partial charge in [0.1, 0.15) is 5.82 Å². The Morgan fingerprint density at radius 2 is 1.83 bits per heavy atom. The van der Waals surface area contributed by atoms with Crippen LogP contribution in [0.2, 0.25) is 0 Å². The first-order valence-corrected chi connectivity index (χ1v) is 6.48. The Kier molecular flexibility index (Phi) is 4.26. The molecular weight excluding hydrogens is 295 g/mol. The van der Waals surface area contributed by atoms with Gasteiger partial charge in [0.05, 0.1) is 0 Å². The van der Waals surface area contributed by atoms with E-state index >= 15 is 0 Å². The molecule has 0 saturated heterocycles. The van der Waals surface area contributed by atoms with E-state index in [1.165, 1.54) is 12.1 Å². The maximum Gasteiger partial charge on any atom is 0.163 e. The second-order valence-electron chi connectivity index (χ2n) is 4.02. The van der Waals surface area contributed by atoms with Gasteiger partial charge < -0.3 is 0 Å². The molecule has 0 aliphatic carbocycles. The lowest BCUT2D eigenvalue weighted by atomic mass is 10.0. The average Bonchev–Trinajstić information content (AvgIpc) is 2.38. The van der Waals surface area contributed by atoms with E-state index < -0.39 is 0 Å². The molecule has 2 rings (SSSR count). The number of hydrogen-bond acceptors (Lipinski definition) is 1. The van der Waals surface area contributed by atoms with Crippen molar-refractivity contribution in [2.45, 2.75) is 12.8 Å². The van der Waals surface area contributed by atoms with E-state index in [1.807, 2.05) is 30.3 Å². The zero-order chi connectivity index (χ0) is 13.0. The average molecular weight is 307 g/mol. The minimum absolute atomic E-state index is 0.104. The van der Waals surface area contributed by atoms with Gasteiger partial charge in [0, 0.05) is 16.5 Å². The largest absolute Gasteiger partial charge is 0.294 e. The maximum atomic E-state index is 12.9. The number of rotatable bonds is 4. The van der Waals surface area contributed by atoms with Gasteiger partial charge in [0.25, 0.3) is 0 Å². The number of aryl methyl sites for hydroxylation is 1. The molecule has 0 radical (unpaired) electrons. The molecule has 0 fully saturated rings. The van der Waals surface area contributed by atoms with Crippen molar-refractivity contribution in [3.63, 3.8) is 0 Å². The SMILES string of the molecule is O=C(CCc1ccc(F)cc1Br)c1ccccc1. The van der Waals surface area contributed by atoms with Crippen LogP contribution in [0, 0.1) is 5.82 Å². The highest BCUT2D eigenvalue weighted by molar-refractivity contribution is 9.10. The number of halogens is 2. The van der Waals surface area contributed by atoms with Crippen LogP contribution >= 0.6 is 15.9 Å². The zero-order valence-corrected chi connectivity index (χ0v) is 11.3. The van der Waals surface area contributed by atoms with Crippen LogP contribution in [0.25, 0.3) is 0 Å². The highest BCUT2D eigenvalue weighted by Gasteiger charge is 2.07. The summed E-state index contributed by atoms with van der Waals surface area (Å²) in [6.07, 6.45) is 1.03. The molecule has 0 aromatic heterocycles. The van der Waals surface area contributed by atoms with Gasteiger partial charge >= 0.3 is 0 Å². The third kappa shape index (κ3) is 3.26. The van der Waals surface area contributed by atoms with Crippen LogP contribution in [0.3, 0.4) is 0 Å². The smallest absolute Gasteiger partial charge is 0.163 e. The van der Waals surface area contributed by atoms with Gasteiger partial charge in [-0.1, -0.05) is 52.3 Å². The first-order valence-electron chi connectivity index (χ1n) is 5.69. The molecule has 0 saturated carbocycles. The minimum Gasteiger partial charge on any atom is -0.294 e. The summed E-state index contributed by atoms with van der Waals surface area (Å²) in [6, 6.07) is 13.7. The zero-order valence-electron chi connectivity index (χ0n) is 9.70. The van der Waals surface area contributed by atoms with E-state index in [9.17, 15) is 9.18 Å². The van der Waals surface area contributed by atoms with Crippen molar-refractivity contribution in [3.8, 4) is 0 Å². The fourth-order valence-electron chi connectivity index (χ4n) is 1.74. The van der Waals surface area contributed by atoms with Gasteiger partial charge in [-0.15, -0.1) is 0 Å². The predicted molar refractivity (Wildman–Crippen MR) is 73.2 cm³/mol. The van der Waals surface area contributed by atoms with E-state index in [4.69, 9.17) is 0 Å². The van der Waals surface area contributed by atoms with Crippen LogP contribution in [0.15, 0.2) is 53.0 Å². The number of hydrogen-bond donors (Lipinski definition) is 0. The second-order valence-corrected chi connectivity index (χ2v) is 4.88. The fourth-order valence-corrected chi connectivity index (χ4v) is 2.29. The summed E-state index contributed by atoms with van der Waals surface area (Å²) in [4.78, 5) is 11.9. The lowest BCUT2D eigenvalue weighted by Gasteiger charge is -2.04. The molecule has 0 bridgehead atoms. The molecule has 2 aromatic carbocycles. The number of carbonyl (C=O) groups excluding carboxylic acids is 1. The molecule has 0 N–H and O–H groups in total.